The highest BCUT2D eigenvalue weighted by molar-refractivity contribution is 6.32. The molecule has 0 spiro atoms. The third-order valence-electron chi connectivity index (χ3n) is 6.05. The van der Waals surface area contributed by atoms with Crippen molar-refractivity contribution in [1.29, 1.82) is 0 Å². The van der Waals surface area contributed by atoms with E-state index in [2.05, 4.69) is 22.2 Å². The van der Waals surface area contributed by atoms with Crippen molar-refractivity contribution in [3.63, 3.8) is 0 Å². The van der Waals surface area contributed by atoms with Crippen LogP contribution < -0.4 is 4.74 Å². The summed E-state index contributed by atoms with van der Waals surface area (Å²) in [6, 6.07) is 24.4. The fourth-order valence-corrected chi connectivity index (χ4v) is 4.38. The van der Waals surface area contributed by atoms with Gasteiger partial charge in [0, 0.05) is 12.6 Å². The van der Waals surface area contributed by atoms with Crippen LogP contribution >= 0.6 is 11.6 Å². The topological polar surface area (TPSA) is 81.1 Å². The maximum atomic E-state index is 13.2. The molecule has 3 aromatic carbocycles. The van der Waals surface area contributed by atoms with Gasteiger partial charge in [0.25, 0.3) is 5.91 Å². The Morgan fingerprint density at radius 3 is 2.53 bits per heavy atom. The summed E-state index contributed by atoms with van der Waals surface area (Å²) in [4.78, 5) is 29.6. The number of esters is 1. The van der Waals surface area contributed by atoms with Gasteiger partial charge in [-0.2, -0.15) is 5.10 Å². The van der Waals surface area contributed by atoms with Gasteiger partial charge in [-0.1, -0.05) is 60.1 Å². The fourth-order valence-electron chi connectivity index (χ4n) is 4.18. The van der Waals surface area contributed by atoms with E-state index < -0.39 is 18.5 Å². The molecule has 0 bridgehead atoms. The molecule has 5 rings (SSSR count). The van der Waals surface area contributed by atoms with Crippen LogP contribution in [-0.4, -0.2) is 41.3 Å². The molecule has 1 amide bonds. The van der Waals surface area contributed by atoms with Crippen molar-refractivity contribution in [2.24, 2.45) is 5.10 Å². The minimum atomic E-state index is -0.722. The second-order valence-electron chi connectivity index (χ2n) is 8.26. The average molecular weight is 500 g/mol. The van der Waals surface area contributed by atoms with Crippen molar-refractivity contribution in [1.82, 2.24) is 9.99 Å². The van der Waals surface area contributed by atoms with Gasteiger partial charge in [0.05, 0.1) is 24.4 Å². The Hall–Kier alpha value is -4.23. The third kappa shape index (κ3) is 4.78. The molecule has 7 nitrogen and oxygen atoms in total. The number of hydrogen-bond donors (Lipinski definition) is 0. The predicted molar refractivity (Wildman–Crippen MR) is 137 cm³/mol. The van der Waals surface area contributed by atoms with Crippen LogP contribution in [0.4, 0.5) is 0 Å². The Kier molecular flexibility index (Phi) is 6.64. The molecule has 2 heterocycles. The third-order valence-corrected chi connectivity index (χ3v) is 6.36. The SMILES string of the molecule is COc1ccc(C2CC(c3ccc4ccccc4c3)=NN2C(=O)COC(=O)c2cccnc2Cl)cc1. The van der Waals surface area contributed by atoms with Crippen molar-refractivity contribution >= 4 is 40.0 Å². The van der Waals surface area contributed by atoms with Crippen molar-refractivity contribution in [2.45, 2.75) is 12.5 Å². The highest BCUT2D eigenvalue weighted by Gasteiger charge is 2.34. The van der Waals surface area contributed by atoms with Gasteiger partial charge < -0.3 is 9.47 Å². The first-order valence-electron chi connectivity index (χ1n) is 11.3. The first-order chi connectivity index (χ1) is 17.5. The predicted octanol–water partition coefficient (Wildman–Crippen LogP) is 5.43. The minimum Gasteiger partial charge on any atom is -0.497 e. The number of nitrogens with zero attached hydrogens (tertiary/aromatic N) is 3. The summed E-state index contributed by atoms with van der Waals surface area (Å²) in [5.41, 5.74) is 2.70. The van der Waals surface area contributed by atoms with Crippen molar-refractivity contribution in [2.75, 3.05) is 13.7 Å². The highest BCUT2D eigenvalue weighted by Crippen LogP contribution is 2.34. The molecular weight excluding hydrogens is 478 g/mol. The Balaban J connectivity index is 1.41. The maximum absolute atomic E-state index is 13.2. The summed E-state index contributed by atoms with van der Waals surface area (Å²) in [7, 11) is 1.60. The number of halogens is 1. The number of hydrogen-bond acceptors (Lipinski definition) is 6. The zero-order chi connectivity index (χ0) is 25.1. The largest absolute Gasteiger partial charge is 0.497 e. The van der Waals surface area contributed by atoms with Crippen molar-refractivity contribution < 1.29 is 19.1 Å². The number of ether oxygens (including phenoxy) is 2. The molecule has 180 valence electrons. The van der Waals surface area contributed by atoms with Gasteiger partial charge in [0.15, 0.2) is 6.61 Å². The summed E-state index contributed by atoms with van der Waals surface area (Å²) in [6.45, 7) is -0.481. The van der Waals surface area contributed by atoms with E-state index in [1.807, 2.05) is 54.6 Å². The van der Waals surface area contributed by atoms with Crippen LogP contribution in [0.3, 0.4) is 0 Å². The molecule has 8 heteroatoms. The number of aromatic nitrogens is 1. The molecule has 0 fully saturated rings. The monoisotopic (exact) mass is 499 g/mol. The number of amides is 1. The molecule has 0 radical (unpaired) electrons. The van der Waals surface area contributed by atoms with Crippen LogP contribution in [0.15, 0.2) is 90.2 Å². The van der Waals surface area contributed by atoms with Gasteiger partial charge in [-0.25, -0.2) is 14.8 Å². The molecule has 1 aromatic heterocycles. The van der Waals surface area contributed by atoms with E-state index in [1.54, 1.807) is 13.2 Å². The second kappa shape index (κ2) is 10.2. The van der Waals surface area contributed by atoms with Crippen LogP contribution in [0.2, 0.25) is 5.15 Å². The van der Waals surface area contributed by atoms with Gasteiger partial charge in [-0.05, 0) is 52.2 Å². The molecule has 1 atom stereocenters. The quantitative estimate of drug-likeness (QED) is 0.261. The molecule has 0 aliphatic carbocycles. The highest BCUT2D eigenvalue weighted by atomic mass is 35.5. The molecule has 0 saturated carbocycles. The minimum absolute atomic E-state index is 0.0174. The lowest BCUT2D eigenvalue weighted by Crippen LogP contribution is -2.31. The Morgan fingerprint density at radius 1 is 1.00 bits per heavy atom. The van der Waals surface area contributed by atoms with Crippen molar-refractivity contribution in [3.8, 4) is 5.75 Å². The van der Waals surface area contributed by atoms with Crippen molar-refractivity contribution in [3.05, 3.63) is 107 Å². The van der Waals surface area contributed by atoms with Crippen LogP contribution in [0, 0.1) is 0 Å². The van der Waals surface area contributed by atoms with Gasteiger partial charge in [-0.15, -0.1) is 0 Å². The number of benzene rings is 3. The van der Waals surface area contributed by atoms with E-state index >= 15 is 0 Å². The molecule has 1 aliphatic heterocycles. The summed E-state index contributed by atoms with van der Waals surface area (Å²) < 4.78 is 10.5. The Labute approximate surface area is 212 Å². The maximum Gasteiger partial charge on any atom is 0.341 e. The summed E-state index contributed by atoms with van der Waals surface area (Å²) in [6.07, 6.45) is 1.98. The number of carbonyl (C=O) groups excluding carboxylic acids is 2. The Morgan fingerprint density at radius 2 is 1.78 bits per heavy atom. The molecule has 0 saturated heterocycles. The standard InChI is InChI=1S/C28H22ClN3O4/c1-35-22-12-10-19(11-13-22)25-16-24(21-9-8-18-5-2-3-6-20(18)15-21)31-32(25)26(33)17-36-28(34)23-7-4-14-30-27(23)29/h2-15,25H,16-17H2,1H3. The van der Waals surface area contributed by atoms with Crippen LogP contribution in [0.25, 0.3) is 10.8 Å². The molecule has 4 aromatic rings. The number of methoxy groups -OCH3 is 1. The first-order valence-corrected chi connectivity index (χ1v) is 11.7. The number of hydrazone groups is 1. The van der Waals surface area contributed by atoms with E-state index in [4.69, 9.17) is 21.1 Å². The number of pyridine rings is 1. The van der Waals surface area contributed by atoms with E-state index in [0.717, 1.165) is 27.6 Å². The summed E-state index contributed by atoms with van der Waals surface area (Å²) in [5.74, 6) is -0.451. The lowest BCUT2D eigenvalue weighted by atomic mass is 9.97. The molecule has 36 heavy (non-hydrogen) atoms. The molecule has 1 unspecified atom stereocenters. The van der Waals surface area contributed by atoms with E-state index in [9.17, 15) is 9.59 Å². The van der Waals surface area contributed by atoms with E-state index in [-0.39, 0.29) is 16.8 Å². The zero-order valence-corrected chi connectivity index (χ0v) is 20.2. The molecule has 1 aliphatic rings. The van der Waals surface area contributed by atoms with E-state index in [0.29, 0.717) is 12.2 Å². The van der Waals surface area contributed by atoms with Gasteiger partial charge in [0.1, 0.15) is 10.9 Å². The molecule has 0 N–H and O–H groups in total. The van der Waals surface area contributed by atoms with Gasteiger partial charge in [-0.3, -0.25) is 4.79 Å². The fraction of sp³-hybridized carbons (Fsp3) is 0.143. The van der Waals surface area contributed by atoms with Crippen LogP contribution in [-0.2, 0) is 9.53 Å². The van der Waals surface area contributed by atoms with Gasteiger partial charge in [0.2, 0.25) is 0 Å². The van der Waals surface area contributed by atoms with Crippen LogP contribution in [0.5, 0.6) is 5.75 Å². The number of fused-ring (bicyclic) bond motifs is 1. The first kappa shape index (κ1) is 23.5. The summed E-state index contributed by atoms with van der Waals surface area (Å²) >= 11 is 5.98. The van der Waals surface area contributed by atoms with Crippen LogP contribution in [0.1, 0.15) is 33.9 Å². The Bertz CT molecular complexity index is 1470. The van der Waals surface area contributed by atoms with Gasteiger partial charge >= 0.3 is 5.97 Å². The smallest absolute Gasteiger partial charge is 0.341 e. The zero-order valence-electron chi connectivity index (χ0n) is 19.4. The lowest BCUT2D eigenvalue weighted by molar-refractivity contribution is -0.136. The average Bonchev–Trinajstić information content (AvgIpc) is 3.37. The summed E-state index contributed by atoms with van der Waals surface area (Å²) in [5, 5.41) is 8.30. The second-order valence-corrected chi connectivity index (χ2v) is 8.62. The normalized spacial score (nSPS) is 15.0. The number of carbonyl (C=O) groups is 2. The number of rotatable bonds is 6. The molecular formula is C28H22ClN3O4. The van der Waals surface area contributed by atoms with E-state index in [1.165, 1.54) is 17.3 Å². The lowest BCUT2D eigenvalue weighted by Gasteiger charge is -2.22.